The second-order valence-corrected chi connectivity index (χ2v) is 8.71. The van der Waals surface area contributed by atoms with Crippen LogP contribution in [0.15, 0.2) is 42.5 Å². The number of nitrogens with zero attached hydrogens (tertiary/aromatic N) is 1. The van der Waals surface area contributed by atoms with Gasteiger partial charge in [0.2, 0.25) is 0 Å². The zero-order valence-electron chi connectivity index (χ0n) is 17.5. The van der Waals surface area contributed by atoms with Gasteiger partial charge in [0.15, 0.2) is 0 Å². The van der Waals surface area contributed by atoms with Crippen molar-refractivity contribution in [3.63, 3.8) is 0 Å². The Bertz CT molecular complexity index is 1000. The van der Waals surface area contributed by atoms with Crippen LogP contribution >= 0.6 is 0 Å². The van der Waals surface area contributed by atoms with Crippen molar-refractivity contribution in [3.8, 4) is 16.9 Å². The fraction of sp³-hybridized carbons (Fsp3) is 0.458. The molecule has 2 aromatic rings. The third kappa shape index (κ3) is 4.16. The molecule has 2 aromatic carbocycles. The maximum absolute atomic E-state index is 13.5. The summed E-state index contributed by atoms with van der Waals surface area (Å²) in [7, 11) is 0. The predicted octanol–water partition coefficient (Wildman–Crippen LogP) is 5.02. The van der Waals surface area contributed by atoms with Crippen molar-refractivity contribution >= 4 is 6.09 Å². The summed E-state index contributed by atoms with van der Waals surface area (Å²) in [5.74, 6) is 0.968. The van der Waals surface area contributed by atoms with E-state index in [0.29, 0.717) is 35.8 Å². The first-order valence-corrected chi connectivity index (χ1v) is 11.0. The molecule has 4 aliphatic heterocycles. The highest BCUT2D eigenvalue weighted by Gasteiger charge is 2.37. The number of halogens is 3. The van der Waals surface area contributed by atoms with E-state index in [4.69, 9.17) is 9.47 Å². The van der Waals surface area contributed by atoms with Gasteiger partial charge in [0.25, 0.3) is 0 Å². The third-order valence-electron chi connectivity index (χ3n) is 6.74. The number of hydrogen-bond acceptors (Lipinski definition) is 4. The predicted molar refractivity (Wildman–Crippen MR) is 112 cm³/mol. The molecule has 3 saturated heterocycles. The summed E-state index contributed by atoms with van der Waals surface area (Å²) in [6.45, 7) is 3.29. The van der Waals surface area contributed by atoms with Gasteiger partial charge in [0, 0.05) is 18.5 Å². The number of piperidine rings is 3. The van der Waals surface area contributed by atoms with Crippen molar-refractivity contribution in [1.82, 2.24) is 10.2 Å². The molecular formula is C24H25F3N2O3. The first kappa shape index (κ1) is 21.1. The summed E-state index contributed by atoms with van der Waals surface area (Å²) in [6.07, 6.45) is -2.45. The normalized spacial score (nSPS) is 26.7. The minimum absolute atomic E-state index is 0.0991. The average Bonchev–Trinajstić information content (AvgIpc) is 2.79. The van der Waals surface area contributed by atoms with Gasteiger partial charge in [-0.05, 0) is 61.2 Å². The summed E-state index contributed by atoms with van der Waals surface area (Å²) < 4.78 is 52.0. The van der Waals surface area contributed by atoms with Gasteiger partial charge in [-0.2, -0.15) is 13.2 Å². The lowest BCUT2D eigenvalue weighted by Crippen LogP contribution is -2.52. The summed E-state index contributed by atoms with van der Waals surface area (Å²) in [4.78, 5) is 15.0. The number of carbonyl (C=O) groups excluding carboxylic acids is 1. The molecule has 1 unspecified atom stereocenters. The van der Waals surface area contributed by atoms with Crippen LogP contribution in [-0.2, 0) is 10.9 Å². The fourth-order valence-corrected chi connectivity index (χ4v) is 5.05. The van der Waals surface area contributed by atoms with Crippen LogP contribution in [0.4, 0.5) is 18.0 Å². The van der Waals surface area contributed by atoms with Gasteiger partial charge < -0.3 is 14.8 Å². The topological polar surface area (TPSA) is 50.8 Å². The Balaban J connectivity index is 1.36. The molecule has 0 saturated carbocycles. The summed E-state index contributed by atoms with van der Waals surface area (Å²) in [6, 6.07) is 10.1. The van der Waals surface area contributed by atoms with Crippen molar-refractivity contribution < 1.29 is 27.4 Å². The molecule has 3 fully saturated rings. The molecule has 170 valence electrons. The van der Waals surface area contributed by atoms with Gasteiger partial charge in [0.05, 0.1) is 18.2 Å². The van der Waals surface area contributed by atoms with E-state index in [1.807, 2.05) is 0 Å². The first-order valence-electron chi connectivity index (χ1n) is 11.0. The van der Waals surface area contributed by atoms with E-state index in [0.717, 1.165) is 38.5 Å². The Hall–Kier alpha value is -2.74. The third-order valence-corrected chi connectivity index (χ3v) is 6.74. The van der Waals surface area contributed by atoms with Crippen molar-refractivity contribution in [3.05, 3.63) is 53.6 Å². The molecule has 5 nitrogen and oxygen atoms in total. The second-order valence-electron chi connectivity index (χ2n) is 8.71. The number of ether oxygens (including phenoxy) is 2. The van der Waals surface area contributed by atoms with Crippen molar-refractivity contribution in [2.45, 2.75) is 37.6 Å². The molecule has 1 N–H and O–H groups in total. The van der Waals surface area contributed by atoms with Crippen LogP contribution < -0.4 is 10.1 Å². The summed E-state index contributed by atoms with van der Waals surface area (Å²) >= 11 is 0. The average molecular weight is 446 g/mol. The zero-order chi connectivity index (χ0) is 22.3. The Labute approximate surface area is 184 Å². The highest BCUT2D eigenvalue weighted by atomic mass is 19.4. The number of benzene rings is 2. The molecular weight excluding hydrogens is 421 g/mol. The molecule has 2 atom stereocenters. The number of carbonyl (C=O) groups is 1. The quantitative estimate of drug-likeness (QED) is 0.720. The molecule has 6 rings (SSSR count). The first-order chi connectivity index (χ1) is 15.4. The van der Waals surface area contributed by atoms with Crippen LogP contribution in [-0.4, -0.2) is 43.3 Å². The second kappa shape index (κ2) is 8.31. The molecule has 0 aliphatic carbocycles. The lowest BCUT2D eigenvalue weighted by atomic mass is 9.86. The van der Waals surface area contributed by atoms with Crippen LogP contribution in [0, 0.1) is 5.92 Å². The van der Waals surface area contributed by atoms with E-state index in [-0.39, 0.29) is 17.7 Å². The minimum atomic E-state index is -4.46. The number of hydrogen-bond donors (Lipinski definition) is 1. The van der Waals surface area contributed by atoms with Crippen molar-refractivity contribution in [1.29, 1.82) is 0 Å². The number of nitrogens with one attached hydrogen (secondary N) is 1. The van der Waals surface area contributed by atoms with E-state index in [2.05, 4.69) is 10.2 Å². The minimum Gasteiger partial charge on any atom is -0.493 e. The Morgan fingerprint density at radius 3 is 2.59 bits per heavy atom. The summed E-state index contributed by atoms with van der Waals surface area (Å²) in [5, 5.41) is 2.92. The van der Waals surface area contributed by atoms with E-state index >= 15 is 0 Å². The van der Waals surface area contributed by atoms with Gasteiger partial charge in [0.1, 0.15) is 11.9 Å². The Kier molecular flexibility index (Phi) is 5.49. The number of rotatable bonds is 3. The molecule has 1 amide bonds. The molecule has 4 heterocycles. The van der Waals surface area contributed by atoms with Gasteiger partial charge in [-0.15, -0.1) is 0 Å². The highest BCUT2D eigenvalue weighted by molar-refractivity contribution is 5.72. The number of alkyl carbamates (subject to hydrolysis) is 1. The molecule has 32 heavy (non-hydrogen) atoms. The number of amides is 1. The van der Waals surface area contributed by atoms with E-state index < -0.39 is 17.8 Å². The largest absolute Gasteiger partial charge is 0.493 e. The van der Waals surface area contributed by atoms with Crippen LogP contribution in [0.5, 0.6) is 5.75 Å². The smallest absolute Gasteiger partial charge is 0.417 e. The maximum atomic E-state index is 13.5. The van der Waals surface area contributed by atoms with Gasteiger partial charge in [-0.1, -0.05) is 24.3 Å². The van der Waals surface area contributed by atoms with Crippen LogP contribution in [0.2, 0.25) is 0 Å². The SMILES string of the molecule is O=C(NC1CCOc2ccc(-c3ccccc3C(F)(F)F)cc21)O[C@@H]1CN2CCC1CC2. The van der Waals surface area contributed by atoms with Crippen LogP contribution in [0.1, 0.15) is 36.4 Å². The van der Waals surface area contributed by atoms with E-state index in [1.54, 1.807) is 24.3 Å². The lowest BCUT2D eigenvalue weighted by Gasteiger charge is -2.44. The van der Waals surface area contributed by atoms with E-state index in [1.165, 1.54) is 12.1 Å². The zero-order valence-corrected chi connectivity index (χ0v) is 17.5. The monoisotopic (exact) mass is 446 g/mol. The van der Waals surface area contributed by atoms with Crippen LogP contribution in [0.25, 0.3) is 11.1 Å². The molecule has 0 spiro atoms. The van der Waals surface area contributed by atoms with Crippen LogP contribution in [0.3, 0.4) is 0 Å². The van der Waals surface area contributed by atoms with E-state index in [9.17, 15) is 18.0 Å². The fourth-order valence-electron chi connectivity index (χ4n) is 5.05. The van der Waals surface area contributed by atoms with Gasteiger partial charge in [-0.25, -0.2) is 4.79 Å². The molecule has 8 heteroatoms. The van der Waals surface area contributed by atoms with Gasteiger partial charge >= 0.3 is 12.3 Å². The number of fused-ring (bicyclic) bond motifs is 4. The van der Waals surface area contributed by atoms with Crippen molar-refractivity contribution in [2.75, 3.05) is 26.2 Å². The molecule has 2 bridgehead atoms. The Morgan fingerprint density at radius 1 is 1.09 bits per heavy atom. The van der Waals surface area contributed by atoms with Crippen molar-refractivity contribution in [2.24, 2.45) is 5.92 Å². The Morgan fingerprint density at radius 2 is 1.88 bits per heavy atom. The molecule has 0 aromatic heterocycles. The lowest BCUT2D eigenvalue weighted by molar-refractivity contribution is -0.137. The standard InChI is InChI=1S/C24H25F3N2O3/c25-24(26,27)19-4-2-1-3-17(19)16-5-6-21-18(13-16)20(9-12-31-21)28-23(30)32-22-14-29-10-7-15(22)8-11-29/h1-6,13,15,20,22H,7-12,14H2,(H,28,30)/t20?,22-/m1/s1. The number of alkyl halides is 3. The molecule has 4 aliphatic rings. The maximum Gasteiger partial charge on any atom is 0.417 e. The highest BCUT2D eigenvalue weighted by Crippen LogP contribution is 2.40. The molecule has 0 radical (unpaired) electrons. The summed E-state index contributed by atoms with van der Waals surface area (Å²) in [5.41, 5.74) is 0.501. The van der Waals surface area contributed by atoms with Gasteiger partial charge in [-0.3, -0.25) is 4.90 Å².